The largest absolute Gasteiger partial charge is 0.353 e. The summed E-state index contributed by atoms with van der Waals surface area (Å²) in [5.41, 5.74) is 7.31. The van der Waals surface area contributed by atoms with E-state index in [0.717, 1.165) is 56.3 Å². The molecular formula is C30H24FN5O. The van der Waals surface area contributed by atoms with Crippen molar-refractivity contribution >= 4 is 33.4 Å². The van der Waals surface area contributed by atoms with Crippen molar-refractivity contribution in [3.05, 3.63) is 91.0 Å². The minimum Gasteiger partial charge on any atom is -0.353 e. The van der Waals surface area contributed by atoms with Crippen molar-refractivity contribution in [1.82, 2.24) is 20.2 Å². The monoisotopic (exact) mass is 489 g/mol. The number of hydrogen-bond donors (Lipinski definition) is 3. The third-order valence-electron chi connectivity index (χ3n) is 6.48. The highest BCUT2D eigenvalue weighted by Gasteiger charge is 2.15. The Morgan fingerprint density at radius 2 is 1.76 bits per heavy atom. The van der Waals surface area contributed by atoms with Gasteiger partial charge in [-0.3, -0.25) is 14.9 Å². The second-order valence-corrected chi connectivity index (χ2v) is 9.02. The van der Waals surface area contributed by atoms with E-state index < -0.39 is 0 Å². The number of carbonyl (C=O) groups excluding carboxylic acids is 1. The number of fused-ring (bicyclic) bond motifs is 2. The van der Waals surface area contributed by atoms with Gasteiger partial charge in [0.1, 0.15) is 11.5 Å². The van der Waals surface area contributed by atoms with Gasteiger partial charge in [0.15, 0.2) is 0 Å². The number of halogens is 1. The molecule has 3 N–H and O–H groups in total. The van der Waals surface area contributed by atoms with E-state index in [-0.39, 0.29) is 11.7 Å². The first-order valence-electron chi connectivity index (χ1n) is 12.2. The van der Waals surface area contributed by atoms with Crippen molar-refractivity contribution in [2.75, 3.05) is 5.32 Å². The maximum Gasteiger partial charge on any atom is 0.224 e. The van der Waals surface area contributed by atoms with Crippen molar-refractivity contribution < 1.29 is 9.18 Å². The molecule has 3 heterocycles. The molecule has 0 aliphatic rings. The molecule has 7 heteroatoms. The van der Waals surface area contributed by atoms with Gasteiger partial charge in [0, 0.05) is 40.0 Å². The molecule has 1 amide bonds. The maximum atomic E-state index is 14.6. The van der Waals surface area contributed by atoms with Crippen LogP contribution < -0.4 is 5.32 Å². The van der Waals surface area contributed by atoms with Crippen LogP contribution in [-0.2, 0) is 4.79 Å². The quantitative estimate of drug-likeness (QED) is 0.229. The van der Waals surface area contributed by atoms with Crippen LogP contribution in [0.15, 0.2) is 85.2 Å². The third-order valence-corrected chi connectivity index (χ3v) is 6.48. The fraction of sp³-hybridized carbons (Fsp3) is 0.100. The Labute approximate surface area is 212 Å². The minimum atomic E-state index is -0.255. The average Bonchev–Trinajstić information content (AvgIpc) is 3.53. The fourth-order valence-electron chi connectivity index (χ4n) is 4.71. The highest BCUT2D eigenvalue weighted by Crippen LogP contribution is 2.36. The second kappa shape index (κ2) is 9.35. The molecule has 0 atom stereocenters. The van der Waals surface area contributed by atoms with Crippen molar-refractivity contribution in [2.45, 2.75) is 19.8 Å². The van der Waals surface area contributed by atoms with E-state index in [2.05, 4.69) is 31.5 Å². The van der Waals surface area contributed by atoms with Crippen LogP contribution >= 0.6 is 0 Å². The molecule has 0 fully saturated rings. The van der Waals surface area contributed by atoms with Gasteiger partial charge in [-0.1, -0.05) is 43.3 Å². The first-order chi connectivity index (χ1) is 18.1. The van der Waals surface area contributed by atoms with Crippen LogP contribution in [-0.4, -0.2) is 26.1 Å². The highest BCUT2D eigenvalue weighted by atomic mass is 19.1. The zero-order valence-corrected chi connectivity index (χ0v) is 20.2. The summed E-state index contributed by atoms with van der Waals surface area (Å²) in [6.45, 7) is 1.97. The van der Waals surface area contributed by atoms with Crippen LogP contribution in [0.3, 0.4) is 0 Å². The van der Waals surface area contributed by atoms with Gasteiger partial charge < -0.3 is 10.3 Å². The molecule has 37 heavy (non-hydrogen) atoms. The summed E-state index contributed by atoms with van der Waals surface area (Å²) in [6, 6.07) is 22.6. The minimum absolute atomic E-state index is 0.0254. The number of rotatable bonds is 6. The Bertz CT molecular complexity index is 1770. The van der Waals surface area contributed by atoms with E-state index in [1.165, 1.54) is 6.07 Å². The standard InChI is InChI=1S/C30H24FN5O/c1-2-6-29(37)33-20-13-19(16-32-17-20)18-11-12-27-24(14-18)30(36-35-27)28-15-23-21(8-5-10-26(23)34-28)22-7-3-4-9-25(22)31/h3-5,7-17,34H,2,6H2,1H3,(H,33,37)(H,35,36). The molecule has 3 aromatic heterocycles. The number of amides is 1. The molecule has 0 aliphatic heterocycles. The number of pyridine rings is 1. The number of nitrogens with zero attached hydrogens (tertiary/aromatic N) is 2. The molecule has 182 valence electrons. The van der Waals surface area contributed by atoms with Crippen LogP contribution in [0.2, 0.25) is 0 Å². The van der Waals surface area contributed by atoms with Gasteiger partial charge in [0.25, 0.3) is 0 Å². The van der Waals surface area contributed by atoms with Crippen LogP contribution in [0.1, 0.15) is 19.8 Å². The van der Waals surface area contributed by atoms with E-state index in [1.54, 1.807) is 24.5 Å². The molecule has 0 aliphatic carbocycles. The Morgan fingerprint density at radius 1 is 0.892 bits per heavy atom. The summed E-state index contributed by atoms with van der Waals surface area (Å²) < 4.78 is 14.6. The first-order valence-corrected chi connectivity index (χ1v) is 12.2. The molecule has 0 saturated heterocycles. The summed E-state index contributed by atoms with van der Waals surface area (Å²) in [5.74, 6) is -0.281. The van der Waals surface area contributed by atoms with Gasteiger partial charge in [0.05, 0.1) is 23.1 Å². The second-order valence-electron chi connectivity index (χ2n) is 9.02. The third kappa shape index (κ3) is 4.25. The smallest absolute Gasteiger partial charge is 0.224 e. The lowest BCUT2D eigenvalue weighted by atomic mass is 10.0. The molecule has 0 unspecified atom stereocenters. The Hall–Kier alpha value is -4.78. The molecule has 0 spiro atoms. The molecule has 3 aromatic carbocycles. The Morgan fingerprint density at radius 3 is 2.62 bits per heavy atom. The normalized spacial score (nSPS) is 11.3. The lowest BCUT2D eigenvalue weighted by Crippen LogP contribution is -2.10. The van der Waals surface area contributed by atoms with Gasteiger partial charge >= 0.3 is 0 Å². The predicted molar refractivity (Wildman–Crippen MR) is 146 cm³/mol. The van der Waals surface area contributed by atoms with Crippen molar-refractivity contribution in [3.8, 4) is 33.6 Å². The number of H-pyrrole nitrogens is 2. The number of aromatic amines is 2. The molecule has 0 bridgehead atoms. The zero-order chi connectivity index (χ0) is 25.4. The lowest BCUT2D eigenvalue weighted by Gasteiger charge is -2.07. The van der Waals surface area contributed by atoms with Gasteiger partial charge in [0.2, 0.25) is 5.91 Å². The predicted octanol–water partition coefficient (Wildman–Crippen LogP) is 7.32. The molecule has 6 aromatic rings. The van der Waals surface area contributed by atoms with Crippen LogP contribution in [0.4, 0.5) is 10.1 Å². The number of aromatic nitrogens is 4. The van der Waals surface area contributed by atoms with E-state index >= 15 is 0 Å². The first kappa shape index (κ1) is 22.7. The van der Waals surface area contributed by atoms with Gasteiger partial charge in [-0.05, 0) is 53.9 Å². The highest BCUT2D eigenvalue weighted by molar-refractivity contribution is 6.02. The number of nitrogens with one attached hydrogen (secondary N) is 3. The topological polar surface area (TPSA) is 86.5 Å². The van der Waals surface area contributed by atoms with Crippen LogP contribution in [0, 0.1) is 5.82 Å². The lowest BCUT2D eigenvalue weighted by molar-refractivity contribution is -0.116. The van der Waals surface area contributed by atoms with Gasteiger partial charge in [-0.25, -0.2) is 4.39 Å². The van der Waals surface area contributed by atoms with Crippen LogP contribution in [0.25, 0.3) is 55.4 Å². The summed E-state index contributed by atoms with van der Waals surface area (Å²) in [6.07, 6.45) is 4.68. The average molecular weight is 490 g/mol. The molecule has 6 rings (SSSR count). The van der Waals surface area contributed by atoms with Crippen molar-refractivity contribution in [1.29, 1.82) is 0 Å². The van der Waals surface area contributed by atoms with Gasteiger partial charge in [-0.2, -0.15) is 5.10 Å². The van der Waals surface area contributed by atoms with Crippen LogP contribution in [0.5, 0.6) is 0 Å². The summed E-state index contributed by atoms with van der Waals surface area (Å²) in [4.78, 5) is 19.8. The van der Waals surface area contributed by atoms with E-state index in [1.807, 2.05) is 55.5 Å². The molecule has 0 saturated carbocycles. The summed E-state index contributed by atoms with van der Waals surface area (Å²) >= 11 is 0. The molecule has 0 radical (unpaired) electrons. The van der Waals surface area contributed by atoms with E-state index in [9.17, 15) is 9.18 Å². The molecule has 6 nitrogen and oxygen atoms in total. The number of benzene rings is 3. The van der Waals surface area contributed by atoms with E-state index in [0.29, 0.717) is 17.7 Å². The van der Waals surface area contributed by atoms with Crippen molar-refractivity contribution in [3.63, 3.8) is 0 Å². The number of carbonyl (C=O) groups is 1. The van der Waals surface area contributed by atoms with E-state index in [4.69, 9.17) is 0 Å². The maximum absolute atomic E-state index is 14.6. The van der Waals surface area contributed by atoms with Crippen molar-refractivity contribution in [2.24, 2.45) is 0 Å². The Balaban J connectivity index is 1.41. The number of hydrogen-bond acceptors (Lipinski definition) is 3. The zero-order valence-electron chi connectivity index (χ0n) is 20.2. The summed E-state index contributed by atoms with van der Waals surface area (Å²) in [7, 11) is 0. The Kier molecular flexibility index (Phi) is 5.73. The SMILES string of the molecule is CCCC(=O)Nc1cncc(-c2ccc3[nH]nc(-c4cc5c(-c6ccccc6F)cccc5[nH]4)c3c2)c1. The summed E-state index contributed by atoms with van der Waals surface area (Å²) in [5, 5.41) is 12.5. The fourth-order valence-corrected chi connectivity index (χ4v) is 4.71. The van der Waals surface area contributed by atoms with Gasteiger partial charge in [-0.15, -0.1) is 0 Å². The molecular weight excluding hydrogens is 465 g/mol. The number of anilines is 1.